The molecule has 2 aliphatic rings. The Kier molecular flexibility index (Phi) is 18.8. The maximum atomic E-state index is 14.7. The number of piperidine rings is 1. The van der Waals surface area contributed by atoms with Crippen molar-refractivity contribution in [3.63, 3.8) is 0 Å². The number of benzene rings is 2. The van der Waals surface area contributed by atoms with E-state index in [1.54, 1.807) is 33.2 Å². The quantitative estimate of drug-likeness (QED) is 0.0463. The lowest BCUT2D eigenvalue weighted by Gasteiger charge is -2.42. The van der Waals surface area contributed by atoms with E-state index >= 15 is 0 Å². The zero-order valence-electron chi connectivity index (χ0n) is 44.7. The fourth-order valence-corrected chi connectivity index (χ4v) is 9.95. The number of alkyl carbamates (subject to hydrolysis) is 1. The van der Waals surface area contributed by atoms with Gasteiger partial charge in [-0.1, -0.05) is 61.2 Å². The number of fused-ring (bicyclic) bond motifs is 2. The Balaban J connectivity index is 0.756. The molecule has 6 aromatic rings. The second-order valence-electron chi connectivity index (χ2n) is 21.2. The summed E-state index contributed by atoms with van der Waals surface area (Å²) in [7, 11) is 4.03. The molecular weight excluding hydrogens is 986 g/mol. The van der Waals surface area contributed by atoms with Crippen LogP contribution in [-0.4, -0.2) is 159 Å². The Labute approximate surface area is 450 Å². The number of H-pyrrole nitrogens is 1. The molecular formula is C56H74ClN13O6. The van der Waals surface area contributed by atoms with Crippen molar-refractivity contribution in [3.8, 4) is 5.75 Å². The van der Waals surface area contributed by atoms with E-state index in [0.717, 1.165) is 91.0 Å². The van der Waals surface area contributed by atoms with Crippen LogP contribution in [0.5, 0.6) is 5.75 Å². The number of imidazole rings is 1. The number of aromatic nitrogens is 6. The van der Waals surface area contributed by atoms with Gasteiger partial charge in [-0.25, -0.2) is 24.7 Å². The molecule has 8 rings (SSSR count). The molecule has 1 atom stereocenters. The summed E-state index contributed by atoms with van der Waals surface area (Å²) in [6, 6.07) is 20.6. The average molecular weight is 1060 g/mol. The summed E-state index contributed by atoms with van der Waals surface area (Å²) in [5, 5.41) is 10.8. The lowest BCUT2D eigenvalue weighted by atomic mass is 9.85. The number of pyridine rings is 1. The van der Waals surface area contributed by atoms with Gasteiger partial charge in [-0.15, -0.1) is 0 Å². The molecule has 4 N–H and O–H groups in total. The van der Waals surface area contributed by atoms with E-state index in [1.165, 1.54) is 6.33 Å². The molecule has 0 saturated carbocycles. The fraction of sp³-hybridized carbons (Fsp3) is 0.500. The van der Waals surface area contributed by atoms with E-state index in [-0.39, 0.29) is 23.8 Å². The number of ether oxygens (including phenoxy) is 2. The molecule has 19 nitrogen and oxygen atoms in total. The van der Waals surface area contributed by atoms with Crippen molar-refractivity contribution >= 4 is 63.4 Å². The number of para-hydroxylation sites is 1. The molecule has 4 aromatic heterocycles. The molecule has 2 saturated heterocycles. The number of carbonyl (C=O) groups excluding carboxylic acids is 4. The average Bonchev–Trinajstić information content (AvgIpc) is 4.06. The number of anilines is 1. The number of likely N-dealkylation sites (N-methyl/N-ethyl adjacent to an activating group) is 1. The van der Waals surface area contributed by atoms with Gasteiger partial charge in [-0.05, 0) is 109 Å². The highest BCUT2D eigenvalue weighted by molar-refractivity contribution is 6.30. The van der Waals surface area contributed by atoms with Crippen LogP contribution in [0.3, 0.4) is 0 Å². The maximum absolute atomic E-state index is 14.7. The molecule has 406 valence electrons. The Morgan fingerprint density at radius 3 is 2.38 bits per heavy atom. The number of nitrogens with zero attached hydrogens (tertiary/aromatic N) is 9. The third-order valence-corrected chi connectivity index (χ3v) is 14.4. The molecule has 0 spiro atoms. The minimum atomic E-state index is -1.24. The summed E-state index contributed by atoms with van der Waals surface area (Å²) in [6.45, 7) is 12.2. The van der Waals surface area contributed by atoms with Crippen LogP contribution in [0.25, 0.3) is 22.2 Å². The van der Waals surface area contributed by atoms with Crippen molar-refractivity contribution in [3.05, 3.63) is 107 Å². The highest BCUT2D eigenvalue weighted by atomic mass is 35.5. The molecule has 0 radical (unpaired) electrons. The molecule has 2 fully saturated rings. The van der Waals surface area contributed by atoms with E-state index in [4.69, 9.17) is 26.1 Å². The predicted octanol–water partition coefficient (Wildman–Crippen LogP) is 7.37. The van der Waals surface area contributed by atoms with Crippen molar-refractivity contribution < 1.29 is 28.7 Å². The van der Waals surface area contributed by atoms with Crippen LogP contribution >= 0.6 is 11.6 Å². The Morgan fingerprint density at radius 2 is 1.62 bits per heavy atom. The topological polar surface area (TPSA) is 208 Å². The highest BCUT2D eigenvalue weighted by Gasteiger charge is 2.45. The van der Waals surface area contributed by atoms with Crippen molar-refractivity contribution in [1.82, 2.24) is 60.1 Å². The van der Waals surface area contributed by atoms with E-state index in [1.807, 2.05) is 90.4 Å². The number of hydrogen-bond donors (Lipinski definition) is 4. The first-order valence-electron chi connectivity index (χ1n) is 26.7. The zero-order valence-corrected chi connectivity index (χ0v) is 45.4. The molecule has 0 aliphatic carbocycles. The van der Waals surface area contributed by atoms with Gasteiger partial charge in [0.05, 0.1) is 24.3 Å². The molecule has 0 unspecified atom stereocenters. The van der Waals surface area contributed by atoms with Crippen LogP contribution in [0, 0.1) is 0 Å². The first kappa shape index (κ1) is 55.4. The first-order chi connectivity index (χ1) is 36.6. The summed E-state index contributed by atoms with van der Waals surface area (Å²) in [5.74, 6) is 1.27. The molecule has 20 heteroatoms. The van der Waals surface area contributed by atoms with Gasteiger partial charge < -0.3 is 49.7 Å². The van der Waals surface area contributed by atoms with Crippen molar-refractivity contribution in [2.45, 2.75) is 102 Å². The SMILES string of the molecule is CN(C)CCOc1ccccc1Cn1cnc2ccc(C(=O)NCCCCCCCC(=O)N3CCN(CC[C@H](NC(=O)C4(NC(=O)OC(C)(C)C)CCN(c5ncnc6[nH]ccc56)CC4)c4ccc(Cl)cc4)CC3)nc21. The largest absolute Gasteiger partial charge is 0.492 e. The van der Waals surface area contributed by atoms with E-state index < -0.39 is 17.2 Å². The van der Waals surface area contributed by atoms with Crippen LogP contribution in [0.4, 0.5) is 10.6 Å². The molecule has 4 amide bonds. The summed E-state index contributed by atoms with van der Waals surface area (Å²) >= 11 is 6.32. The molecule has 2 aliphatic heterocycles. The summed E-state index contributed by atoms with van der Waals surface area (Å²) < 4.78 is 13.7. The van der Waals surface area contributed by atoms with Gasteiger partial charge in [0.15, 0.2) is 5.65 Å². The third-order valence-electron chi connectivity index (χ3n) is 14.1. The van der Waals surface area contributed by atoms with Crippen LogP contribution in [0.15, 0.2) is 85.6 Å². The second kappa shape index (κ2) is 25.8. The number of unbranched alkanes of at least 4 members (excludes halogenated alkanes) is 4. The van der Waals surface area contributed by atoms with Crippen molar-refractivity contribution in [2.24, 2.45) is 0 Å². The summed E-state index contributed by atoms with van der Waals surface area (Å²) in [5.41, 5.74) is 2.36. The molecule has 2 aromatic carbocycles. The van der Waals surface area contributed by atoms with Crippen LogP contribution < -0.4 is 25.6 Å². The van der Waals surface area contributed by atoms with Gasteiger partial charge in [0, 0.05) is 82.1 Å². The van der Waals surface area contributed by atoms with Gasteiger partial charge in [0.25, 0.3) is 5.91 Å². The minimum Gasteiger partial charge on any atom is -0.492 e. The minimum absolute atomic E-state index is 0.174. The zero-order chi connectivity index (χ0) is 53.7. The molecule has 0 bridgehead atoms. The van der Waals surface area contributed by atoms with Gasteiger partial charge in [0.1, 0.15) is 52.5 Å². The van der Waals surface area contributed by atoms with E-state index in [2.05, 4.69) is 50.6 Å². The van der Waals surface area contributed by atoms with Gasteiger partial charge in [-0.2, -0.15) is 0 Å². The summed E-state index contributed by atoms with van der Waals surface area (Å²) in [6.07, 6.45) is 10.7. The molecule has 6 heterocycles. The van der Waals surface area contributed by atoms with Gasteiger partial charge in [0.2, 0.25) is 11.8 Å². The highest BCUT2D eigenvalue weighted by Crippen LogP contribution is 2.32. The number of carbonyl (C=O) groups is 4. The number of nitrogens with one attached hydrogen (secondary N) is 4. The number of piperazine rings is 1. The third kappa shape index (κ3) is 15.0. The number of amides is 4. The Morgan fingerprint density at radius 1 is 0.868 bits per heavy atom. The monoisotopic (exact) mass is 1060 g/mol. The Hall–Kier alpha value is -6.83. The maximum Gasteiger partial charge on any atom is 0.408 e. The van der Waals surface area contributed by atoms with E-state index in [0.29, 0.717) is 94.5 Å². The first-order valence-corrected chi connectivity index (χ1v) is 27.1. The lowest BCUT2D eigenvalue weighted by Crippen LogP contribution is -2.64. The Bertz CT molecular complexity index is 2890. The second-order valence-corrected chi connectivity index (χ2v) is 21.6. The predicted molar refractivity (Wildman–Crippen MR) is 295 cm³/mol. The van der Waals surface area contributed by atoms with E-state index in [9.17, 15) is 19.2 Å². The van der Waals surface area contributed by atoms with Crippen molar-refractivity contribution in [1.29, 1.82) is 0 Å². The number of aromatic amines is 1. The van der Waals surface area contributed by atoms with Gasteiger partial charge in [-0.3, -0.25) is 19.3 Å². The number of halogens is 1. The normalized spacial score (nSPS) is 15.5. The smallest absolute Gasteiger partial charge is 0.408 e. The van der Waals surface area contributed by atoms with Crippen LogP contribution in [0.2, 0.25) is 5.02 Å². The van der Waals surface area contributed by atoms with Crippen molar-refractivity contribution in [2.75, 3.05) is 84.5 Å². The fourth-order valence-electron chi connectivity index (χ4n) is 9.83. The van der Waals surface area contributed by atoms with Crippen LogP contribution in [0.1, 0.15) is 106 Å². The van der Waals surface area contributed by atoms with Gasteiger partial charge >= 0.3 is 6.09 Å². The number of rotatable bonds is 23. The number of hydrogen-bond acceptors (Lipinski definition) is 13. The van der Waals surface area contributed by atoms with Crippen LogP contribution in [-0.2, 0) is 20.9 Å². The lowest BCUT2D eigenvalue weighted by molar-refractivity contribution is -0.133. The summed E-state index contributed by atoms with van der Waals surface area (Å²) in [4.78, 5) is 84.3. The standard InChI is InChI=1S/C56H74ClN13O6/c1-55(2,3)76-54(74)65-56(24-29-69(30-25-56)50-43-22-27-58-49(43)60-38-61-50)53(73)64-44(40-16-18-42(57)19-17-40)23-28-67-31-33-68(34-32-67)48(71)15-9-7-6-8-12-26-59-52(72)46-21-20-45-51(63-46)70(39-62-45)37-41-13-10-11-14-47(41)75-36-35-66(4)5/h10-11,13-14,16-22,27,38-39,44H,6-9,12,15,23-26,28-37H2,1-5H3,(H,59,72)(H,64,73)(H,65,74)(H,58,60,61)/t44-/m0/s1. The molecule has 76 heavy (non-hydrogen) atoms.